The lowest BCUT2D eigenvalue weighted by Gasteiger charge is -2.26. The van der Waals surface area contributed by atoms with Gasteiger partial charge in [0.2, 0.25) is 11.8 Å². The predicted molar refractivity (Wildman–Crippen MR) is 83.8 cm³/mol. The third-order valence-corrected chi connectivity index (χ3v) is 4.69. The van der Waals surface area contributed by atoms with E-state index < -0.39 is 17.7 Å². The van der Waals surface area contributed by atoms with Crippen molar-refractivity contribution in [3.63, 3.8) is 0 Å². The molecule has 0 bridgehead atoms. The van der Waals surface area contributed by atoms with Crippen molar-refractivity contribution in [2.24, 2.45) is 5.92 Å². The molecule has 1 N–H and O–H groups in total. The molecule has 2 aliphatic rings. The van der Waals surface area contributed by atoms with Crippen LogP contribution in [-0.4, -0.2) is 46.9 Å². The number of rotatable bonds is 4. The van der Waals surface area contributed by atoms with Gasteiger partial charge in [0, 0.05) is 25.6 Å². The van der Waals surface area contributed by atoms with Gasteiger partial charge < -0.3 is 14.9 Å². The van der Waals surface area contributed by atoms with E-state index in [4.69, 9.17) is 5.11 Å². The number of carboxylic acid groups (broad SMARTS) is 1. The van der Waals surface area contributed by atoms with E-state index in [1.165, 1.54) is 17.0 Å². The van der Waals surface area contributed by atoms with Gasteiger partial charge in [0.05, 0.1) is 18.0 Å². The highest BCUT2D eigenvalue weighted by molar-refractivity contribution is 6.00. The zero-order valence-corrected chi connectivity index (χ0v) is 13.2. The summed E-state index contributed by atoms with van der Waals surface area (Å²) in [4.78, 5) is 38.7. The molecular weight excluding hydrogens is 315 g/mol. The fraction of sp³-hybridized carbons (Fsp3) is 0.471. The normalized spacial score (nSPS) is 23.8. The number of hydrogen-bond acceptors (Lipinski definition) is 3. The highest BCUT2D eigenvalue weighted by atomic mass is 19.1. The first-order valence-corrected chi connectivity index (χ1v) is 8.04. The van der Waals surface area contributed by atoms with Crippen LogP contribution in [0.1, 0.15) is 25.7 Å². The zero-order chi connectivity index (χ0) is 17.3. The van der Waals surface area contributed by atoms with E-state index in [1.807, 2.05) is 0 Å². The van der Waals surface area contributed by atoms with E-state index in [-0.39, 0.29) is 42.9 Å². The van der Waals surface area contributed by atoms with Crippen LogP contribution >= 0.6 is 0 Å². The van der Waals surface area contributed by atoms with E-state index in [9.17, 15) is 18.8 Å². The van der Waals surface area contributed by atoms with Gasteiger partial charge in [-0.1, -0.05) is 12.1 Å². The van der Waals surface area contributed by atoms with Crippen molar-refractivity contribution in [1.82, 2.24) is 4.90 Å². The highest BCUT2D eigenvalue weighted by Crippen LogP contribution is 2.30. The molecule has 2 fully saturated rings. The van der Waals surface area contributed by atoms with Crippen LogP contribution in [0.4, 0.5) is 10.1 Å². The number of halogens is 1. The Bertz CT molecular complexity index is 678. The van der Waals surface area contributed by atoms with Crippen molar-refractivity contribution in [3.05, 3.63) is 30.1 Å². The number of benzene rings is 1. The molecule has 7 heteroatoms. The summed E-state index contributed by atoms with van der Waals surface area (Å²) < 4.78 is 13.9. The summed E-state index contributed by atoms with van der Waals surface area (Å²) in [6, 6.07) is 5.67. The Morgan fingerprint density at radius 1 is 1.29 bits per heavy atom. The van der Waals surface area contributed by atoms with Gasteiger partial charge in [-0.25, -0.2) is 4.39 Å². The van der Waals surface area contributed by atoms with Crippen molar-refractivity contribution in [1.29, 1.82) is 0 Å². The molecule has 0 saturated carbocycles. The maximum atomic E-state index is 13.9. The summed E-state index contributed by atoms with van der Waals surface area (Å²) >= 11 is 0. The molecule has 128 valence electrons. The zero-order valence-electron chi connectivity index (χ0n) is 13.2. The largest absolute Gasteiger partial charge is 0.481 e. The molecule has 0 spiro atoms. The summed E-state index contributed by atoms with van der Waals surface area (Å²) in [7, 11) is 0. The summed E-state index contributed by atoms with van der Waals surface area (Å²) in [5.74, 6) is -2.47. The Kier molecular flexibility index (Phi) is 4.51. The standard InChI is InChI=1S/C17H19FN2O4/c18-13-5-1-2-6-14(13)20-10-11(8-15(20)21)17(24)19-7-3-4-12(19)9-16(22)23/h1-2,5-6,11-12H,3-4,7-10H2,(H,22,23). The average molecular weight is 334 g/mol. The maximum Gasteiger partial charge on any atom is 0.305 e. The van der Waals surface area contributed by atoms with E-state index in [0.717, 1.165) is 6.42 Å². The molecule has 2 atom stereocenters. The molecular formula is C17H19FN2O4. The van der Waals surface area contributed by atoms with Gasteiger partial charge in [0.25, 0.3) is 0 Å². The minimum Gasteiger partial charge on any atom is -0.481 e. The number of carboxylic acids is 1. The quantitative estimate of drug-likeness (QED) is 0.908. The number of likely N-dealkylation sites (tertiary alicyclic amines) is 1. The number of aliphatic carboxylic acids is 1. The maximum absolute atomic E-state index is 13.9. The van der Waals surface area contributed by atoms with Crippen LogP contribution in [0.5, 0.6) is 0 Å². The first-order chi connectivity index (χ1) is 11.5. The number of nitrogens with zero attached hydrogens (tertiary/aromatic N) is 2. The van der Waals surface area contributed by atoms with Crippen LogP contribution in [0, 0.1) is 11.7 Å². The number of carbonyl (C=O) groups excluding carboxylic acids is 2. The molecule has 0 aliphatic carbocycles. The second-order valence-corrected chi connectivity index (χ2v) is 6.28. The van der Waals surface area contributed by atoms with Crippen molar-refractivity contribution in [3.8, 4) is 0 Å². The third kappa shape index (κ3) is 3.11. The topological polar surface area (TPSA) is 77.9 Å². The van der Waals surface area contributed by atoms with Crippen molar-refractivity contribution in [2.75, 3.05) is 18.0 Å². The molecule has 2 unspecified atom stereocenters. The van der Waals surface area contributed by atoms with Gasteiger partial charge in [-0.2, -0.15) is 0 Å². The Labute approximate surface area is 138 Å². The number of amides is 2. The van der Waals surface area contributed by atoms with Crippen LogP contribution in [0.25, 0.3) is 0 Å². The minimum absolute atomic E-state index is 0.0312. The summed E-state index contributed by atoms with van der Waals surface area (Å²) in [6.07, 6.45) is 1.38. The summed E-state index contributed by atoms with van der Waals surface area (Å²) in [5.41, 5.74) is 0.182. The predicted octanol–water partition coefficient (Wildman–Crippen LogP) is 1.64. The van der Waals surface area contributed by atoms with Gasteiger partial charge >= 0.3 is 5.97 Å². The van der Waals surface area contributed by atoms with Crippen LogP contribution in [0.15, 0.2) is 24.3 Å². The van der Waals surface area contributed by atoms with Crippen LogP contribution in [-0.2, 0) is 14.4 Å². The molecule has 0 aromatic heterocycles. The van der Waals surface area contributed by atoms with E-state index >= 15 is 0 Å². The number of hydrogen-bond donors (Lipinski definition) is 1. The second kappa shape index (κ2) is 6.59. The van der Waals surface area contributed by atoms with Gasteiger partial charge in [-0.3, -0.25) is 14.4 Å². The van der Waals surface area contributed by atoms with Gasteiger partial charge in [0.15, 0.2) is 0 Å². The van der Waals surface area contributed by atoms with E-state index in [0.29, 0.717) is 13.0 Å². The van der Waals surface area contributed by atoms with Gasteiger partial charge in [-0.05, 0) is 25.0 Å². The lowest BCUT2D eigenvalue weighted by molar-refractivity contribution is -0.141. The van der Waals surface area contributed by atoms with E-state index in [1.54, 1.807) is 17.0 Å². The monoisotopic (exact) mass is 334 g/mol. The Morgan fingerprint density at radius 3 is 2.75 bits per heavy atom. The smallest absolute Gasteiger partial charge is 0.305 e. The number of anilines is 1. The SMILES string of the molecule is O=C(O)CC1CCCN1C(=O)C1CC(=O)N(c2ccccc2F)C1. The molecule has 2 heterocycles. The molecule has 2 aliphatic heterocycles. The lowest BCUT2D eigenvalue weighted by atomic mass is 10.1. The highest BCUT2D eigenvalue weighted by Gasteiger charge is 2.41. The minimum atomic E-state index is -0.935. The van der Waals surface area contributed by atoms with Gasteiger partial charge in [0.1, 0.15) is 5.82 Å². The Hall–Kier alpha value is -2.44. The molecule has 1 aromatic carbocycles. The Balaban J connectivity index is 1.72. The lowest BCUT2D eigenvalue weighted by Crippen LogP contribution is -2.41. The second-order valence-electron chi connectivity index (χ2n) is 6.28. The van der Waals surface area contributed by atoms with Crippen LogP contribution in [0.2, 0.25) is 0 Å². The van der Waals surface area contributed by atoms with Crippen molar-refractivity contribution >= 4 is 23.5 Å². The van der Waals surface area contributed by atoms with Crippen molar-refractivity contribution in [2.45, 2.75) is 31.7 Å². The molecule has 2 amide bonds. The molecule has 0 radical (unpaired) electrons. The first-order valence-electron chi connectivity index (χ1n) is 8.04. The molecule has 3 rings (SSSR count). The third-order valence-electron chi connectivity index (χ3n) is 4.69. The molecule has 6 nitrogen and oxygen atoms in total. The van der Waals surface area contributed by atoms with E-state index in [2.05, 4.69) is 0 Å². The molecule has 24 heavy (non-hydrogen) atoms. The summed E-state index contributed by atoms with van der Waals surface area (Å²) in [5, 5.41) is 8.96. The number of para-hydroxylation sites is 1. The average Bonchev–Trinajstić information content (AvgIpc) is 3.13. The van der Waals surface area contributed by atoms with Crippen LogP contribution < -0.4 is 4.90 Å². The first kappa shape index (κ1) is 16.4. The van der Waals surface area contributed by atoms with Gasteiger partial charge in [-0.15, -0.1) is 0 Å². The Morgan fingerprint density at radius 2 is 2.04 bits per heavy atom. The number of carbonyl (C=O) groups is 3. The van der Waals surface area contributed by atoms with Crippen LogP contribution in [0.3, 0.4) is 0 Å². The van der Waals surface area contributed by atoms with Crippen molar-refractivity contribution < 1.29 is 23.9 Å². The molecule has 2 saturated heterocycles. The summed E-state index contributed by atoms with van der Waals surface area (Å²) in [6.45, 7) is 0.649. The fourth-order valence-electron chi connectivity index (χ4n) is 3.55. The fourth-order valence-corrected chi connectivity index (χ4v) is 3.55. The molecule has 1 aromatic rings.